The van der Waals surface area contributed by atoms with Gasteiger partial charge in [0.2, 0.25) is 0 Å². The normalized spacial score (nSPS) is 8.67. The first kappa shape index (κ1) is 8.94. The van der Waals surface area contributed by atoms with Gasteiger partial charge in [0.05, 0.1) is 4.43 Å². The second kappa shape index (κ2) is 4.78. The standard InChI is InChI=1S/C6H9IO2/c1-5(2)4-9-6(8)3-7/h1,3-4H2,2H3. The van der Waals surface area contributed by atoms with Gasteiger partial charge in [-0.1, -0.05) is 29.2 Å². The lowest BCUT2D eigenvalue weighted by Crippen LogP contribution is -2.06. The van der Waals surface area contributed by atoms with Crippen LogP contribution in [0.3, 0.4) is 0 Å². The Bertz CT molecular complexity index is 120. The van der Waals surface area contributed by atoms with Crippen LogP contribution in [0.15, 0.2) is 12.2 Å². The van der Waals surface area contributed by atoms with Crippen LogP contribution in [-0.4, -0.2) is 17.0 Å². The maximum Gasteiger partial charge on any atom is 0.316 e. The second-order valence-electron chi connectivity index (χ2n) is 1.75. The highest BCUT2D eigenvalue weighted by molar-refractivity contribution is 14.1. The van der Waals surface area contributed by atoms with Crippen molar-refractivity contribution in [3.8, 4) is 0 Å². The van der Waals surface area contributed by atoms with Crippen molar-refractivity contribution in [3.05, 3.63) is 12.2 Å². The van der Waals surface area contributed by atoms with Crippen molar-refractivity contribution < 1.29 is 9.53 Å². The smallest absolute Gasteiger partial charge is 0.316 e. The Morgan fingerprint density at radius 2 is 2.33 bits per heavy atom. The van der Waals surface area contributed by atoms with Gasteiger partial charge in [-0.2, -0.15) is 0 Å². The largest absolute Gasteiger partial charge is 0.461 e. The molecular formula is C6H9IO2. The van der Waals surface area contributed by atoms with Crippen LogP contribution in [-0.2, 0) is 9.53 Å². The molecule has 0 aromatic carbocycles. The van der Waals surface area contributed by atoms with Gasteiger partial charge in [0, 0.05) is 0 Å². The summed E-state index contributed by atoms with van der Waals surface area (Å²) in [5, 5.41) is 0. The lowest BCUT2D eigenvalue weighted by Gasteiger charge is -1.99. The van der Waals surface area contributed by atoms with E-state index >= 15 is 0 Å². The van der Waals surface area contributed by atoms with Crippen molar-refractivity contribution in [3.63, 3.8) is 0 Å². The van der Waals surface area contributed by atoms with Gasteiger partial charge in [-0.3, -0.25) is 4.79 Å². The molecule has 0 amide bonds. The number of alkyl halides is 1. The Morgan fingerprint density at radius 1 is 1.78 bits per heavy atom. The number of rotatable bonds is 3. The van der Waals surface area contributed by atoms with E-state index in [4.69, 9.17) is 4.74 Å². The SMILES string of the molecule is C=C(C)COC(=O)CI. The summed E-state index contributed by atoms with van der Waals surface area (Å²) >= 11 is 1.96. The summed E-state index contributed by atoms with van der Waals surface area (Å²) in [7, 11) is 0. The number of halogens is 1. The third-order valence-corrected chi connectivity index (χ3v) is 1.21. The predicted molar refractivity (Wildman–Crippen MR) is 44.7 cm³/mol. The van der Waals surface area contributed by atoms with E-state index in [2.05, 4.69) is 6.58 Å². The van der Waals surface area contributed by atoms with Crippen molar-refractivity contribution >= 4 is 28.6 Å². The number of hydrogen-bond donors (Lipinski definition) is 0. The molecule has 0 aromatic heterocycles. The van der Waals surface area contributed by atoms with Gasteiger partial charge in [-0.25, -0.2) is 0 Å². The molecule has 0 aliphatic carbocycles. The van der Waals surface area contributed by atoms with Gasteiger partial charge in [0.15, 0.2) is 0 Å². The molecule has 0 aliphatic rings. The maximum atomic E-state index is 10.4. The Hall–Kier alpha value is -0.0600. The summed E-state index contributed by atoms with van der Waals surface area (Å²) < 4.78 is 5.11. The monoisotopic (exact) mass is 240 g/mol. The second-order valence-corrected chi connectivity index (χ2v) is 2.51. The molecule has 0 fully saturated rings. The van der Waals surface area contributed by atoms with Gasteiger partial charge < -0.3 is 4.74 Å². The van der Waals surface area contributed by atoms with Crippen LogP contribution in [0, 0.1) is 0 Å². The van der Waals surface area contributed by atoms with E-state index in [1.165, 1.54) is 0 Å². The maximum absolute atomic E-state index is 10.4. The Morgan fingerprint density at radius 3 is 2.67 bits per heavy atom. The fourth-order valence-corrected chi connectivity index (χ4v) is 0.462. The highest BCUT2D eigenvalue weighted by Crippen LogP contribution is 1.91. The molecule has 3 heteroatoms. The molecule has 0 aromatic rings. The molecule has 9 heavy (non-hydrogen) atoms. The van der Waals surface area contributed by atoms with Crippen LogP contribution in [0.1, 0.15) is 6.92 Å². The molecule has 0 heterocycles. The average Bonchev–Trinajstić information content (AvgIpc) is 1.83. The van der Waals surface area contributed by atoms with Gasteiger partial charge >= 0.3 is 5.97 Å². The number of esters is 1. The lowest BCUT2D eigenvalue weighted by atomic mass is 10.4. The Kier molecular flexibility index (Phi) is 4.75. The van der Waals surface area contributed by atoms with E-state index < -0.39 is 0 Å². The molecule has 0 bridgehead atoms. The number of hydrogen-bond acceptors (Lipinski definition) is 2. The van der Waals surface area contributed by atoms with Crippen molar-refractivity contribution in [2.75, 3.05) is 11.0 Å². The van der Waals surface area contributed by atoms with Crippen LogP contribution >= 0.6 is 22.6 Å². The Labute approximate surface area is 68.4 Å². The van der Waals surface area contributed by atoms with E-state index in [9.17, 15) is 4.79 Å². The molecule has 2 nitrogen and oxygen atoms in total. The van der Waals surface area contributed by atoms with Crippen molar-refractivity contribution in [2.24, 2.45) is 0 Å². The quantitative estimate of drug-likeness (QED) is 0.323. The van der Waals surface area contributed by atoms with Crippen LogP contribution in [0.25, 0.3) is 0 Å². The topological polar surface area (TPSA) is 26.3 Å². The molecule has 0 saturated carbocycles. The molecule has 0 unspecified atom stereocenters. The number of carbonyl (C=O) groups excluding carboxylic acids is 1. The molecule has 0 rings (SSSR count). The molecule has 0 spiro atoms. The predicted octanol–water partition coefficient (Wildman–Crippen LogP) is 1.54. The zero-order valence-corrected chi connectivity index (χ0v) is 7.47. The summed E-state index contributed by atoms with van der Waals surface area (Å²) in [6.45, 7) is 5.75. The molecule has 0 radical (unpaired) electrons. The zero-order chi connectivity index (χ0) is 7.28. The summed E-state index contributed by atoms with van der Waals surface area (Å²) in [6, 6.07) is 0. The lowest BCUT2D eigenvalue weighted by molar-refractivity contribution is -0.139. The summed E-state index contributed by atoms with van der Waals surface area (Å²) in [4.78, 5) is 10.4. The molecule has 0 N–H and O–H groups in total. The van der Waals surface area contributed by atoms with Crippen molar-refractivity contribution in [1.82, 2.24) is 0 Å². The van der Waals surface area contributed by atoms with Crippen LogP contribution in [0.2, 0.25) is 0 Å². The first-order valence-electron chi connectivity index (χ1n) is 2.52. The zero-order valence-electron chi connectivity index (χ0n) is 5.32. The van der Waals surface area contributed by atoms with E-state index in [0.717, 1.165) is 5.57 Å². The van der Waals surface area contributed by atoms with E-state index in [0.29, 0.717) is 11.0 Å². The van der Waals surface area contributed by atoms with Crippen LogP contribution < -0.4 is 0 Å². The van der Waals surface area contributed by atoms with E-state index in [-0.39, 0.29) is 5.97 Å². The van der Waals surface area contributed by atoms with Gasteiger partial charge in [0.1, 0.15) is 6.61 Å². The Balaban J connectivity index is 3.28. The fraction of sp³-hybridized carbons (Fsp3) is 0.500. The van der Waals surface area contributed by atoms with E-state index in [1.807, 2.05) is 29.5 Å². The minimum atomic E-state index is -0.182. The molecule has 0 atom stereocenters. The first-order chi connectivity index (χ1) is 4.16. The van der Waals surface area contributed by atoms with Crippen LogP contribution in [0.5, 0.6) is 0 Å². The number of ether oxygens (including phenoxy) is 1. The minimum absolute atomic E-state index is 0.182. The van der Waals surface area contributed by atoms with Gasteiger partial charge in [-0.15, -0.1) is 0 Å². The molecule has 52 valence electrons. The minimum Gasteiger partial charge on any atom is -0.461 e. The van der Waals surface area contributed by atoms with E-state index in [1.54, 1.807) is 0 Å². The third-order valence-electron chi connectivity index (χ3n) is 0.589. The molecule has 0 aliphatic heterocycles. The average molecular weight is 240 g/mol. The highest BCUT2D eigenvalue weighted by Gasteiger charge is 1.96. The van der Waals surface area contributed by atoms with Crippen molar-refractivity contribution in [1.29, 1.82) is 0 Å². The molecular weight excluding hydrogens is 231 g/mol. The first-order valence-corrected chi connectivity index (χ1v) is 4.05. The highest BCUT2D eigenvalue weighted by atomic mass is 127. The summed E-state index contributed by atoms with van der Waals surface area (Å²) in [5.74, 6) is -0.182. The van der Waals surface area contributed by atoms with Gasteiger partial charge in [0.25, 0.3) is 0 Å². The summed E-state index contributed by atoms with van der Waals surface area (Å²) in [6.07, 6.45) is 0. The molecule has 0 saturated heterocycles. The number of carbonyl (C=O) groups is 1. The summed E-state index contributed by atoms with van der Waals surface area (Å²) in [5.41, 5.74) is 0.869. The fourth-order valence-electron chi connectivity index (χ4n) is 0.242. The van der Waals surface area contributed by atoms with Crippen LogP contribution in [0.4, 0.5) is 0 Å². The van der Waals surface area contributed by atoms with Gasteiger partial charge in [-0.05, 0) is 12.5 Å². The van der Waals surface area contributed by atoms with Crippen molar-refractivity contribution in [2.45, 2.75) is 6.92 Å². The third kappa shape index (κ3) is 5.82.